The molecule has 0 atom stereocenters. The zero-order valence-corrected chi connectivity index (χ0v) is 14.8. The van der Waals surface area contributed by atoms with Gasteiger partial charge in [-0.2, -0.15) is 0 Å². The Balaban J connectivity index is 1.85. The number of nitrogens with zero attached hydrogens (tertiary/aromatic N) is 2. The topological polar surface area (TPSA) is 105 Å². The Morgan fingerprint density at radius 3 is 2.79 bits per heavy atom. The maximum atomic E-state index is 11.6. The third-order valence-electron chi connectivity index (χ3n) is 2.81. The Hall–Kier alpha value is -2.33. The maximum absolute atomic E-state index is 11.6. The number of rotatable bonds is 8. The van der Waals surface area contributed by atoms with Gasteiger partial charge in [0.15, 0.2) is 4.34 Å². The van der Waals surface area contributed by atoms with Crippen LogP contribution in [0.2, 0.25) is 0 Å². The standard InChI is InChI=1S/C14H17N5O3S2/c1-15-11(20)7-16-12(21)8-23-14-19-18-13(24-14)17-9-5-3-4-6-10(9)22-2/h3-6H,7-8H2,1-2H3,(H,15,20)(H,16,21)(H,17,18). The molecular formula is C14H17N5O3S2. The summed E-state index contributed by atoms with van der Waals surface area (Å²) in [5, 5.41) is 16.7. The molecule has 0 bridgehead atoms. The molecule has 8 nitrogen and oxygen atoms in total. The molecule has 0 saturated heterocycles. The van der Waals surface area contributed by atoms with Crippen molar-refractivity contribution in [1.29, 1.82) is 0 Å². The van der Waals surface area contributed by atoms with Crippen LogP contribution >= 0.6 is 23.1 Å². The van der Waals surface area contributed by atoms with Crippen LogP contribution in [0.3, 0.4) is 0 Å². The first-order valence-electron chi connectivity index (χ1n) is 6.96. The van der Waals surface area contributed by atoms with Crippen molar-refractivity contribution in [2.24, 2.45) is 0 Å². The number of aromatic nitrogens is 2. The Morgan fingerprint density at radius 1 is 1.25 bits per heavy atom. The van der Waals surface area contributed by atoms with Crippen molar-refractivity contribution in [2.75, 3.05) is 31.8 Å². The van der Waals surface area contributed by atoms with E-state index in [1.165, 1.54) is 30.1 Å². The molecule has 0 unspecified atom stereocenters. The molecule has 0 saturated carbocycles. The van der Waals surface area contributed by atoms with E-state index in [2.05, 4.69) is 26.1 Å². The number of carbonyl (C=O) groups is 2. The fourth-order valence-electron chi connectivity index (χ4n) is 1.63. The number of methoxy groups -OCH3 is 1. The van der Waals surface area contributed by atoms with Crippen molar-refractivity contribution < 1.29 is 14.3 Å². The Kier molecular flexibility index (Phi) is 6.82. The highest BCUT2D eigenvalue weighted by Crippen LogP contribution is 2.31. The van der Waals surface area contributed by atoms with Gasteiger partial charge in [-0.3, -0.25) is 9.59 Å². The van der Waals surface area contributed by atoms with E-state index in [1.807, 2.05) is 24.3 Å². The molecule has 3 N–H and O–H groups in total. The van der Waals surface area contributed by atoms with E-state index in [0.29, 0.717) is 15.2 Å². The molecule has 2 amide bonds. The molecule has 0 aliphatic heterocycles. The number of ether oxygens (including phenoxy) is 1. The number of hydrogen-bond acceptors (Lipinski definition) is 8. The van der Waals surface area contributed by atoms with Crippen LogP contribution in [0.4, 0.5) is 10.8 Å². The molecule has 1 aromatic heterocycles. The molecule has 128 valence electrons. The molecule has 1 heterocycles. The number of carbonyl (C=O) groups excluding carboxylic acids is 2. The number of thioether (sulfide) groups is 1. The van der Waals surface area contributed by atoms with Gasteiger partial charge in [-0.15, -0.1) is 10.2 Å². The van der Waals surface area contributed by atoms with Gasteiger partial charge in [0.05, 0.1) is 25.1 Å². The predicted octanol–water partition coefficient (Wildman–Crippen LogP) is 1.24. The molecule has 1 aromatic carbocycles. The van der Waals surface area contributed by atoms with E-state index in [4.69, 9.17) is 4.74 Å². The summed E-state index contributed by atoms with van der Waals surface area (Å²) < 4.78 is 5.92. The lowest BCUT2D eigenvalue weighted by Crippen LogP contribution is -2.35. The number of para-hydroxylation sites is 2. The molecule has 10 heteroatoms. The molecule has 2 aromatic rings. The Labute approximate surface area is 147 Å². The Bertz CT molecular complexity index is 707. The van der Waals surface area contributed by atoms with Crippen LogP contribution in [-0.4, -0.2) is 48.5 Å². The van der Waals surface area contributed by atoms with Gasteiger partial charge in [0.1, 0.15) is 5.75 Å². The highest BCUT2D eigenvalue weighted by Gasteiger charge is 2.10. The number of anilines is 2. The number of hydrogen-bond donors (Lipinski definition) is 3. The zero-order chi connectivity index (χ0) is 17.4. The first-order valence-corrected chi connectivity index (χ1v) is 8.76. The van der Waals surface area contributed by atoms with E-state index in [9.17, 15) is 9.59 Å². The van der Waals surface area contributed by atoms with Gasteiger partial charge in [-0.25, -0.2) is 0 Å². The van der Waals surface area contributed by atoms with Crippen LogP contribution in [0.15, 0.2) is 28.6 Å². The molecule has 2 rings (SSSR count). The van der Waals surface area contributed by atoms with Crippen molar-refractivity contribution >= 4 is 45.7 Å². The third kappa shape index (κ3) is 5.39. The lowest BCUT2D eigenvalue weighted by molar-refractivity contribution is -0.124. The summed E-state index contributed by atoms with van der Waals surface area (Å²) in [6.07, 6.45) is 0. The highest BCUT2D eigenvalue weighted by molar-refractivity contribution is 8.01. The first-order chi connectivity index (χ1) is 11.6. The first kappa shape index (κ1) is 18.0. The number of amides is 2. The number of benzene rings is 1. The minimum Gasteiger partial charge on any atom is -0.495 e. The van der Waals surface area contributed by atoms with E-state index in [1.54, 1.807) is 7.11 Å². The van der Waals surface area contributed by atoms with Crippen molar-refractivity contribution in [3.8, 4) is 5.75 Å². The second-order valence-corrected chi connectivity index (χ2v) is 6.64. The SMILES string of the molecule is CNC(=O)CNC(=O)CSc1nnc(Nc2ccccc2OC)s1. The van der Waals surface area contributed by atoms with Crippen LogP contribution in [0.1, 0.15) is 0 Å². The van der Waals surface area contributed by atoms with E-state index in [0.717, 1.165) is 5.69 Å². The van der Waals surface area contributed by atoms with Crippen molar-refractivity contribution in [2.45, 2.75) is 4.34 Å². The summed E-state index contributed by atoms with van der Waals surface area (Å²) in [6, 6.07) is 7.48. The van der Waals surface area contributed by atoms with Crippen molar-refractivity contribution in [3.63, 3.8) is 0 Å². The van der Waals surface area contributed by atoms with Gasteiger partial charge in [0, 0.05) is 7.05 Å². The van der Waals surface area contributed by atoms with E-state index >= 15 is 0 Å². The van der Waals surface area contributed by atoms with E-state index in [-0.39, 0.29) is 24.1 Å². The lowest BCUT2D eigenvalue weighted by atomic mass is 10.3. The summed E-state index contributed by atoms with van der Waals surface area (Å²) in [7, 11) is 3.11. The van der Waals surface area contributed by atoms with E-state index < -0.39 is 0 Å². The summed E-state index contributed by atoms with van der Waals surface area (Å²) in [5.41, 5.74) is 0.788. The molecule has 0 fully saturated rings. The normalized spacial score (nSPS) is 10.1. The van der Waals surface area contributed by atoms with Crippen LogP contribution in [-0.2, 0) is 9.59 Å². The summed E-state index contributed by atoms with van der Waals surface area (Å²) in [6.45, 7) is -0.0351. The molecule has 0 aliphatic rings. The van der Waals surface area contributed by atoms with Crippen LogP contribution in [0, 0.1) is 0 Å². The fraction of sp³-hybridized carbons (Fsp3) is 0.286. The highest BCUT2D eigenvalue weighted by atomic mass is 32.2. The maximum Gasteiger partial charge on any atom is 0.239 e. The largest absolute Gasteiger partial charge is 0.495 e. The van der Waals surface area contributed by atoms with Gasteiger partial charge >= 0.3 is 0 Å². The zero-order valence-electron chi connectivity index (χ0n) is 13.2. The van der Waals surface area contributed by atoms with Gasteiger partial charge in [-0.1, -0.05) is 35.2 Å². The number of nitrogens with one attached hydrogen (secondary N) is 3. The second-order valence-electron chi connectivity index (χ2n) is 4.44. The Morgan fingerprint density at radius 2 is 2.04 bits per heavy atom. The summed E-state index contributed by atoms with van der Waals surface area (Å²) in [5.74, 6) is 0.390. The van der Waals surface area contributed by atoms with Gasteiger partial charge in [0.25, 0.3) is 0 Å². The summed E-state index contributed by atoms with van der Waals surface area (Å²) >= 11 is 2.59. The van der Waals surface area contributed by atoms with Crippen LogP contribution in [0.5, 0.6) is 5.75 Å². The molecule has 0 aliphatic carbocycles. The third-order valence-corrected chi connectivity index (χ3v) is 4.78. The van der Waals surface area contributed by atoms with Gasteiger partial charge < -0.3 is 20.7 Å². The molecular weight excluding hydrogens is 350 g/mol. The second kappa shape index (κ2) is 9.08. The minimum atomic E-state index is -0.243. The molecule has 0 spiro atoms. The van der Waals surface area contributed by atoms with Crippen molar-refractivity contribution in [3.05, 3.63) is 24.3 Å². The quantitative estimate of drug-likeness (QED) is 0.603. The summed E-state index contributed by atoms with van der Waals surface area (Å²) in [4.78, 5) is 22.7. The van der Waals surface area contributed by atoms with Crippen LogP contribution in [0.25, 0.3) is 0 Å². The average molecular weight is 367 g/mol. The van der Waals surface area contributed by atoms with Crippen molar-refractivity contribution in [1.82, 2.24) is 20.8 Å². The van der Waals surface area contributed by atoms with Crippen LogP contribution < -0.4 is 20.7 Å². The van der Waals surface area contributed by atoms with Gasteiger partial charge in [0.2, 0.25) is 16.9 Å². The average Bonchev–Trinajstić information content (AvgIpc) is 3.05. The molecule has 24 heavy (non-hydrogen) atoms. The number of likely N-dealkylation sites (N-methyl/N-ethyl adjacent to an activating group) is 1. The smallest absolute Gasteiger partial charge is 0.239 e. The predicted molar refractivity (Wildman–Crippen MR) is 94.0 cm³/mol. The minimum absolute atomic E-state index is 0.0351. The molecule has 0 radical (unpaired) electrons. The monoisotopic (exact) mass is 367 g/mol. The van der Waals surface area contributed by atoms with Gasteiger partial charge in [-0.05, 0) is 12.1 Å². The fourth-order valence-corrected chi connectivity index (χ4v) is 3.22. The lowest BCUT2D eigenvalue weighted by Gasteiger charge is -2.07.